The molecule has 0 aliphatic carbocycles. The van der Waals surface area contributed by atoms with Crippen molar-refractivity contribution < 1.29 is 24.2 Å². The molecular weight excluding hydrogens is 362 g/mol. The Labute approximate surface area is 165 Å². The molecule has 1 aromatic rings. The first-order valence-corrected chi connectivity index (χ1v) is 8.79. The lowest BCUT2D eigenvalue weighted by atomic mass is 10.0. The van der Waals surface area contributed by atoms with Gasteiger partial charge in [-0.1, -0.05) is 24.6 Å². The van der Waals surface area contributed by atoms with Crippen LogP contribution >= 0.6 is 0 Å². The van der Waals surface area contributed by atoms with Crippen LogP contribution in [0.1, 0.15) is 46.2 Å². The molecule has 0 saturated heterocycles. The molecule has 8 nitrogen and oxygen atoms in total. The van der Waals surface area contributed by atoms with Crippen LogP contribution in [0, 0.1) is 12.5 Å². The molecule has 0 bridgehead atoms. The van der Waals surface area contributed by atoms with E-state index in [1.165, 1.54) is 12.1 Å². The van der Waals surface area contributed by atoms with Crippen molar-refractivity contribution in [1.29, 1.82) is 0 Å². The highest BCUT2D eigenvalue weighted by molar-refractivity contribution is 5.92. The molecule has 0 aliphatic heterocycles. The number of rotatable bonds is 6. The van der Waals surface area contributed by atoms with Crippen molar-refractivity contribution in [2.45, 2.75) is 52.3 Å². The van der Waals surface area contributed by atoms with E-state index in [4.69, 9.17) is 11.2 Å². The number of carbonyl (C=O) groups excluding carboxylic acids is 3. The van der Waals surface area contributed by atoms with Crippen molar-refractivity contribution in [2.24, 2.45) is 0 Å². The maximum Gasteiger partial charge on any atom is 0.408 e. The van der Waals surface area contributed by atoms with Gasteiger partial charge in [0, 0.05) is 17.6 Å². The summed E-state index contributed by atoms with van der Waals surface area (Å²) in [5, 5.41) is 15.2. The van der Waals surface area contributed by atoms with Crippen LogP contribution in [0.25, 0.3) is 0 Å². The summed E-state index contributed by atoms with van der Waals surface area (Å²) < 4.78 is 5.07. The van der Waals surface area contributed by atoms with Crippen molar-refractivity contribution in [3.05, 3.63) is 29.8 Å². The quantitative estimate of drug-likeness (QED) is 0.509. The van der Waals surface area contributed by atoms with E-state index in [0.717, 1.165) is 4.90 Å². The molecule has 0 spiro atoms. The van der Waals surface area contributed by atoms with E-state index >= 15 is 0 Å². The molecule has 0 radical (unpaired) electrons. The van der Waals surface area contributed by atoms with Gasteiger partial charge in [0.15, 0.2) is 6.04 Å². The number of nitrogens with one attached hydrogen (secondary N) is 2. The number of alkyl carbamates (subject to hydrolysis) is 1. The fourth-order valence-corrected chi connectivity index (χ4v) is 2.32. The Balaban J connectivity index is 3.07. The number of nitrogens with zero attached hydrogens (tertiary/aromatic N) is 1. The van der Waals surface area contributed by atoms with E-state index < -0.39 is 36.1 Å². The number of hydrogen-bond donors (Lipinski definition) is 3. The molecule has 1 rings (SSSR count). The average Bonchev–Trinajstić information content (AvgIpc) is 2.56. The highest BCUT2D eigenvalue weighted by Crippen LogP contribution is 2.28. The van der Waals surface area contributed by atoms with Crippen LogP contribution in [0.3, 0.4) is 0 Å². The fourth-order valence-electron chi connectivity index (χ4n) is 2.32. The van der Waals surface area contributed by atoms with E-state index in [0.29, 0.717) is 0 Å². The van der Waals surface area contributed by atoms with Gasteiger partial charge in [-0.25, -0.2) is 4.79 Å². The average molecular weight is 389 g/mol. The Morgan fingerprint density at radius 1 is 1.25 bits per heavy atom. The maximum atomic E-state index is 12.7. The maximum absolute atomic E-state index is 12.7. The van der Waals surface area contributed by atoms with Crippen LogP contribution in [-0.4, -0.2) is 46.1 Å². The zero-order valence-corrected chi connectivity index (χ0v) is 16.8. The third-order valence-corrected chi connectivity index (χ3v) is 3.36. The van der Waals surface area contributed by atoms with Crippen LogP contribution < -0.4 is 10.6 Å². The first-order chi connectivity index (χ1) is 13.0. The first kappa shape index (κ1) is 22.8. The van der Waals surface area contributed by atoms with Gasteiger partial charge >= 0.3 is 6.09 Å². The zero-order valence-electron chi connectivity index (χ0n) is 16.8. The van der Waals surface area contributed by atoms with Crippen molar-refractivity contribution in [2.75, 3.05) is 6.54 Å². The monoisotopic (exact) mass is 389 g/mol. The van der Waals surface area contributed by atoms with Crippen molar-refractivity contribution in [3.8, 4) is 18.2 Å². The Morgan fingerprint density at radius 3 is 2.36 bits per heavy atom. The summed E-state index contributed by atoms with van der Waals surface area (Å²) in [5.74, 6) is -1.44. The number of carbonyl (C=O) groups is 3. The minimum atomic E-state index is -1.26. The first-order valence-electron chi connectivity index (χ1n) is 8.79. The SMILES string of the molecule is C#CN(C(=O)CNC(=O)OC(C)(C)C)C(C(=O)NC(C)C)c1ccccc1O. The van der Waals surface area contributed by atoms with Gasteiger partial charge in [-0.2, -0.15) is 0 Å². The van der Waals surface area contributed by atoms with Gasteiger partial charge in [-0.15, -0.1) is 0 Å². The summed E-state index contributed by atoms with van der Waals surface area (Å²) in [6, 6.07) is 6.79. The molecule has 1 atom stereocenters. The predicted octanol–water partition coefficient (Wildman–Crippen LogP) is 1.90. The number of amides is 3. The number of aromatic hydroxyl groups is 1. The summed E-state index contributed by atoms with van der Waals surface area (Å²) in [4.78, 5) is 37.9. The van der Waals surface area contributed by atoms with Gasteiger partial charge in [0.25, 0.3) is 5.91 Å². The van der Waals surface area contributed by atoms with E-state index in [9.17, 15) is 19.5 Å². The van der Waals surface area contributed by atoms with Gasteiger partial charge in [-0.3, -0.25) is 14.5 Å². The summed E-state index contributed by atoms with van der Waals surface area (Å²) in [7, 11) is 0. The molecule has 0 aliphatic rings. The standard InChI is InChI=1S/C20H27N3O5/c1-7-23(16(25)12-21-19(27)28-20(4,5)6)17(18(26)22-13(2)3)14-10-8-9-11-15(14)24/h1,8-11,13,17,24H,12H2,2-6H3,(H,21,27)(H,22,26). The summed E-state index contributed by atoms with van der Waals surface area (Å²) in [5.41, 5.74) is -0.557. The Kier molecular flexibility index (Phi) is 7.87. The summed E-state index contributed by atoms with van der Waals surface area (Å²) in [6.07, 6.45) is 4.70. The largest absolute Gasteiger partial charge is 0.508 e. The highest BCUT2D eigenvalue weighted by atomic mass is 16.6. The Morgan fingerprint density at radius 2 is 1.86 bits per heavy atom. The lowest BCUT2D eigenvalue weighted by Gasteiger charge is -2.28. The second-order valence-corrected chi connectivity index (χ2v) is 7.37. The number of phenols is 1. The van der Waals surface area contributed by atoms with Gasteiger partial charge in [0.05, 0.1) is 0 Å². The lowest BCUT2D eigenvalue weighted by Crippen LogP contribution is -2.46. The normalized spacial score (nSPS) is 11.9. The van der Waals surface area contributed by atoms with Gasteiger partial charge < -0.3 is 20.5 Å². The molecule has 28 heavy (non-hydrogen) atoms. The van der Waals surface area contributed by atoms with E-state index in [1.807, 2.05) is 0 Å². The third kappa shape index (κ3) is 6.83. The summed E-state index contributed by atoms with van der Waals surface area (Å²) >= 11 is 0. The Hall–Kier alpha value is -3.21. The summed E-state index contributed by atoms with van der Waals surface area (Å²) in [6.45, 7) is 8.10. The highest BCUT2D eigenvalue weighted by Gasteiger charge is 2.33. The van der Waals surface area contributed by atoms with E-state index in [2.05, 4.69) is 16.7 Å². The third-order valence-electron chi connectivity index (χ3n) is 3.36. The van der Waals surface area contributed by atoms with E-state index in [1.54, 1.807) is 46.8 Å². The van der Waals surface area contributed by atoms with Crippen molar-refractivity contribution in [3.63, 3.8) is 0 Å². The smallest absolute Gasteiger partial charge is 0.408 e. The number of para-hydroxylation sites is 1. The molecule has 0 saturated carbocycles. The number of phenolic OH excluding ortho intramolecular Hbond substituents is 1. The molecule has 3 amide bonds. The fraction of sp³-hybridized carbons (Fsp3) is 0.450. The molecule has 0 fully saturated rings. The van der Waals surface area contributed by atoms with Gasteiger partial charge in [0.1, 0.15) is 17.9 Å². The van der Waals surface area contributed by atoms with Crippen LogP contribution in [0.4, 0.5) is 4.79 Å². The molecule has 0 heterocycles. The van der Waals surface area contributed by atoms with Crippen molar-refractivity contribution in [1.82, 2.24) is 15.5 Å². The molecule has 1 aromatic carbocycles. The molecule has 0 aromatic heterocycles. The predicted molar refractivity (Wildman–Crippen MR) is 104 cm³/mol. The minimum absolute atomic E-state index is 0.171. The van der Waals surface area contributed by atoms with Crippen molar-refractivity contribution >= 4 is 17.9 Å². The number of terminal acetylenes is 1. The molecule has 1 unspecified atom stereocenters. The second-order valence-electron chi connectivity index (χ2n) is 7.37. The number of hydrogen-bond acceptors (Lipinski definition) is 5. The lowest BCUT2D eigenvalue weighted by molar-refractivity contribution is -0.136. The topological polar surface area (TPSA) is 108 Å². The van der Waals surface area contributed by atoms with Crippen LogP contribution in [0.15, 0.2) is 24.3 Å². The van der Waals surface area contributed by atoms with Crippen LogP contribution in [-0.2, 0) is 14.3 Å². The number of benzene rings is 1. The Bertz CT molecular complexity index is 762. The zero-order chi connectivity index (χ0) is 21.5. The number of ether oxygens (including phenoxy) is 1. The van der Waals surface area contributed by atoms with Crippen LogP contribution in [0.5, 0.6) is 5.75 Å². The molecule has 3 N–H and O–H groups in total. The van der Waals surface area contributed by atoms with Crippen LogP contribution in [0.2, 0.25) is 0 Å². The van der Waals surface area contributed by atoms with Gasteiger partial charge in [-0.05, 0) is 40.7 Å². The van der Waals surface area contributed by atoms with Gasteiger partial charge in [0.2, 0.25) is 5.91 Å². The van der Waals surface area contributed by atoms with E-state index in [-0.39, 0.29) is 17.4 Å². The minimum Gasteiger partial charge on any atom is -0.508 e. The molecule has 8 heteroatoms. The second kappa shape index (κ2) is 9.65. The molecule has 152 valence electrons. The molecular formula is C20H27N3O5.